The standard InChI is InChI=1S/C19H17FN4O2/c20-16-7-5-14(6-8-16)18(25)22-24-11-9-23(10-12-24)19(26)17-4-2-1-3-15(17)13-21/h1-8H,9-12H2,(H,22,25). The number of halogens is 1. The van der Waals surface area contributed by atoms with Crippen molar-refractivity contribution in [2.24, 2.45) is 0 Å². The highest BCUT2D eigenvalue weighted by Crippen LogP contribution is 2.13. The number of nitriles is 1. The third kappa shape index (κ3) is 3.87. The van der Waals surface area contributed by atoms with E-state index in [4.69, 9.17) is 5.26 Å². The van der Waals surface area contributed by atoms with E-state index in [1.165, 1.54) is 24.3 Å². The van der Waals surface area contributed by atoms with Crippen LogP contribution in [-0.2, 0) is 0 Å². The first-order valence-electron chi connectivity index (χ1n) is 8.18. The molecule has 0 aromatic heterocycles. The molecule has 0 bridgehead atoms. The summed E-state index contributed by atoms with van der Waals surface area (Å²) >= 11 is 0. The molecule has 0 saturated carbocycles. The molecule has 1 aliphatic rings. The van der Waals surface area contributed by atoms with E-state index >= 15 is 0 Å². The van der Waals surface area contributed by atoms with Gasteiger partial charge < -0.3 is 4.90 Å². The number of nitrogens with zero attached hydrogens (tertiary/aromatic N) is 3. The number of piperazine rings is 1. The predicted octanol–water partition coefficient (Wildman–Crippen LogP) is 1.80. The molecule has 1 heterocycles. The molecule has 7 heteroatoms. The highest BCUT2D eigenvalue weighted by molar-refractivity contribution is 5.96. The topological polar surface area (TPSA) is 76.4 Å². The van der Waals surface area contributed by atoms with Crippen molar-refractivity contribution in [1.82, 2.24) is 15.3 Å². The Morgan fingerprint density at radius 3 is 2.31 bits per heavy atom. The van der Waals surface area contributed by atoms with E-state index in [0.717, 1.165) is 0 Å². The fraction of sp³-hybridized carbons (Fsp3) is 0.211. The summed E-state index contributed by atoms with van der Waals surface area (Å²) in [6.45, 7) is 1.80. The largest absolute Gasteiger partial charge is 0.336 e. The Kier molecular flexibility index (Phi) is 5.25. The quantitative estimate of drug-likeness (QED) is 0.914. The summed E-state index contributed by atoms with van der Waals surface area (Å²) in [4.78, 5) is 26.4. The number of hydrazine groups is 1. The van der Waals surface area contributed by atoms with Gasteiger partial charge in [-0.3, -0.25) is 15.0 Å². The molecular weight excluding hydrogens is 335 g/mol. The van der Waals surface area contributed by atoms with Crippen molar-refractivity contribution in [3.8, 4) is 6.07 Å². The lowest BCUT2D eigenvalue weighted by molar-refractivity contribution is 0.0505. The summed E-state index contributed by atoms with van der Waals surface area (Å²) in [5.74, 6) is -0.905. The zero-order valence-electron chi connectivity index (χ0n) is 14.0. The molecule has 1 N–H and O–H groups in total. The number of carbonyl (C=O) groups is 2. The summed E-state index contributed by atoms with van der Waals surface area (Å²) in [6.07, 6.45) is 0. The van der Waals surface area contributed by atoms with Crippen LogP contribution in [0.15, 0.2) is 48.5 Å². The van der Waals surface area contributed by atoms with Crippen molar-refractivity contribution < 1.29 is 14.0 Å². The van der Waals surface area contributed by atoms with Gasteiger partial charge in [-0.2, -0.15) is 5.26 Å². The Morgan fingerprint density at radius 1 is 1.00 bits per heavy atom. The number of benzene rings is 2. The van der Waals surface area contributed by atoms with Crippen molar-refractivity contribution in [3.63, 3.8) is 0 Å². The number of nitrogens with one attached hydrogen (secondary N) is 1. The van der Waals surface area contributed by atoms with Gasteiger partial charge in [0.15, 0.2) is 0 Å². The van der Waals surface area contributed by atoms with Gasteiger partial charge in [-0.1, -0.05) is 12.1 Å². The van der Waals surface area contributed by atoms with Crippen LogP contribution in [0.25, 0.3) is 0 Å². The van der Waals surface area contributed by atoms with Crippen LogP contribution in [0.4, 0.5) is 4.39 Å². The van der Waals surface area contributed by atoms with E-state index in [2.05, 4.69) is 5.43 Å². The van der Waals surface area contributed by atoms with Crippen molar-refractivity contribution in [2.45, 2.75) is 0 Å². The average Bonchev–Trinajstić information content (AvgIpc) is 2.68. The second kappa shape index (κ2) is 7.76. The zero-order valence-corrected chi connectivity index (χ0v) is 14.0. The molecular formula is C19H17FN4O2. The van der Waals surface area contributed by atoms with Crippen LogP contribution in [0, 0.1) is 17.1 Å². The Balaban J connectivity index is 1.57. The van der Waals surface area contributed by atoms with Crippen LogP contribution in [-0.4, -0.2) is 47.9 Å². The summed E-state index contributed by atoms with van der Waals surface area (Å²) in [5, 5.41) is 10.9. The molecule has 0 radical (unpaired) electrons. The summed E-state index contributed by atoms with van der Waals surface area (Å²) in [6, 6.07) is 14.0. The average molecular weight is 352 g/mol. The lowest BCUT2D eigenvalue weighted by Gasteiger charge is -2.34. The molecule has 0 spiro atoms. The predicted molar refractivity (Wildman–Crippen MR) is 92.5 cm³/mol. The second-order valence-electron chi connectivity index (χ2n) is 5.88. The summed E-state index contributed by atoms with van der Waals surface area (Å²) < 4.78 is 12.9. The number of amides is 2. The minimum Gasteiger partial charge on any atom is -0.336 e. The highest BCUT2D eigenvalue weighted by Gasteiger charge is 2.24. The van der Waals surface area contributed by atoms with E-state index in [0.29, 0.717) is 42.9 Å². The molecule has 0 aliphatic carbocycles. The van der Waals surface area contributed by atoms with E-state index in [-0.39, 0.29) is 11.8 Å². The van der Waals surface area contributed by atoms with Crippen molar-refractivity contribution in [1.29, 1.82) is 5.26 Å². The zero-order chi connectivity index (χ0) is 18.5. The van der Waals surface area contributed by atoms with E-state index in [1.54, 1.807) is 34.2 Å². The number of hydrogen-bond acceptors (Lipinski definition) is 4. The van der Waals surface area contributed by atoms with E-state index < -0.39 is 5.82 Å². The van der Waals surface area contributed by atoms with Crippen LogP contribution in [0.1, 0.15) is 26.3 Å². The fourth-order valence-electron chi connectivity index (χ4n) is 2.77. The third-order valence-corrected chi connectivity index (χ3v) is 4.21. The smallest absolute Gasteiger partial charge is 0.265 e. The molecule has 1 fully saturated rings. The normalized spacial score (nSPS) is 14.5. The number of hydrogen-bond donors (Lipinski definition) is 1. The Morgan fingerprint density at radius 2 is 1.65 bits per heavy atom. The van der Waals surface area contributed by atoms with Crippen LogP contribution >= 0.6 is 0 Å². The molecule has 2 amide bonds. The van der Waals surface area contributed by atoms with Crippen LogP contribution in [0.5, 0.6) is 0 Å². The van der Waals surface area contributed by atoms with Gasteiger partial charge in [0.25, 0.3) is 11.8 Å². The maximum absolute atomic E-state index is 12.9. The molecule has 0 unspecified atom stereocenters. The summed E-state index contributed by atoms with van der Waals surface area (Å²) in [7, 11) is 0. The van der Waals surface area contributed by atoms with Gasteiger partial charge in [-0.05, 0) is 36.4 Å². The van der Waals surface area contributed by atoms with Crippen molar-refractivity contribution in [3.05, 3.63) is 71.0 Å². The molecule has 2 aromatic rings. The number of rotatable bonds is 3. The molecule has 2 aromatic carbocycles. The minimum atomic E-state index is -0.397. The van der Waals surface area contributed by atoms with Gasteiger partial charge in [0.2, 0.25) is 0 Å². The Bertz CT molecular complexity index is 853. The monoisotopic (exact) mass is 352 g/mol. The van der Waals surface area contributed by atoms with Crippen LogP contribution < -0.4 is 5.43 Å². The van der Waals surface area contributed by atoms with E-state index in [1.807, 2.05) is 6.07 Å². The molecule has 3 rings (SSSR count). The minimum absolute atomic E-state index is 0.188. The third-order valence-electron chi connectivity index (χ3n) is 4.21. The van der Waals surface area contributed by atoms with Gasteiger partial charge in [0.1, 0.15) is 5.82 Å². The van der Waals surface area contributed by atoms with Gasteiger partial charge >= 0.3 is 0 Å². The van der Waals surface area contributed by atoms with Gasteiger partial charge in [0.05, 0.1) is 17.2 Å². The van der Waals surface area contributed by atoms with Crippen molar-refractivity contribution >= 4 is 11.8 Å². The van der Waals surface area contributed by atoms with Gasteiger partial charge in [-0.25, -0.2) is 9.40 Å². The number of carbonyl (C=O) groups excluding carboxylic acids is 2. The van der Waals surface area contributed by atoms with Crippen LogP contribution in [0.2, 0.25) is 0 Å². The molecule has 1 aliphatic heterocycles. The van der Waals surface area contributed by atoms with Gasteiger partial charge in [-0.15, -0.1) is 0 Å². The SMILES string of the molecule is N#Cc1ccccc1C(=O)N1CCN(NC(=O)c2ccc(F)cc2)CC1. The summed E-state index contributed by atoms with van der Waals surface area (Å²) in [5.41, 5.74) is 3.87. The highest BCUT2D eigenvalue weighted by atomic mass is 19.1. The lowest BCUT2D eigenvalue weighted by Crippen LogP contribution is -2.54. The van der Waals surface area contributed by atoms with Crippen molar-refractivity contribution in [2.75, 3.05) is 26.2 Å². The maximum atomic E-state index is 12.9. The fourth-order valence-corrected chi connectivity index (χ4v) is 2.77. The molecule has 0 atom stereocenters. The Labute approximate surface area is 150 Å². The first kappa shape index (κ1) is 17.6. The molecule has 6 nitrogen and oxygen atoms in total. The first-order chi connectivity index (χ1) is 12.6. The first-order valence-corrected chi connectivity index (χ1v) is 8.18. The maximum Gasteiger partial charge on any atom is 0.265 e. The second-order valence-corrected chi connectivity index (χ2v) is 5.88. The molecule has 1 saturated heterocycles. The van der Waals surface area contributed by atoms with Crippen LogP contribution in [0.3, 0.4) is 0 Å². The molecule has 132 valence electrons. The van der Waals surface area contributed by atoms with E-state index in [9.17, 15) is 14.0 Å². The lowest BCUT2D eigenvalue weighted by atomic mass is 10.1. The molecule has 26 heavy (non-hydrogen) atoms. The van der Waals surface area contributed by atoms with Gasteiger partial charge in [0, 0.05) is 31.7 Å². The Hall–Kier alpha value is -3.24.